The first-order valence-electron chi connectivity index (χ1n) is 13.8. The third kappa shape index (κ3) is 27.7. The highest BCUT2D eigenvalue weighted by molar-refractivity contribution is 7.85. The number of aliphatic hydroxyl groups is 1. The number of rotatable bonds is 24. The summed E-state index contributed by atoms with van der Waals surface area (Å²) in [6.45, 7) is 3.77. The zero-order valence-corrected chi connectivity index (χ0v) is 23.7. The van der Waals surface area contributed by atoms with E-state index in [-0.39, 0.29) is 17.9 Å². The van der Waals surface area contributed by atoms with Gasteiger partial charge < -0.3 is 20.4 Å². The Bertz CT molecular complexity index is 599. The second kappa shape index (κ2) is 22.5. The summed E-state index contributed by atoms with van der Waals surface area (Å²) in [5.41, 5.74) is 0. The zero-order valence-electron chi connectivity index (χ0n) is 22.8. The Kier molecular flexibility index (Phi) is 23.4. The van der Waals surface area contributed by atoms with Crippen LogP contribution in [0, 0.1) is 0 Å². The van der Waals surface area contributed by atoms with Crippen LogP contribution in [0.2, 0.25) is 0 Å². The van der Waals surface area contributed by atoms with Gasteiger partial charge in [0.2, 0.25) is 5.91 Å². The maximum Gasteiger partial charge on any atom is 0.267 e. The molecule has 1 atom stereocenters. The molecule has 0 aromatic carbocycles. The maximum absolute atomic E-state index is 12.0. The molecule has 1 amide bonds. The highest BCUT2D eigenvalue weighted by Gasteiger charge is 2.24. The number of hydrogen-bond donors (Lipinski definition) is 3. The fourth-order valence-corrected chi connectivity index (χ4v) is 5.03. The summed E-state index contributed by atoms with van der Waals surface area (Å²) >= 11 is 0. The fraction of sp³-hybridized carbons (Fsp3) is 0.962. The number of carbonyl (C=O) groups is 1. The van der Waals surface area contributed by atoms with Gasteiger partial charge in [-0.25, -0.2) is 0 Å². The molecule has 0 saturated carbocycles. The second-order valence-electron chi connectivity index (χ2n) is 10.6. The SMILES string of the molecule is CCCCCCCCCCCCCCCCCC(=O)NCCC[N+](C)(C)CC(O)CS(=O)(=O)O.[OH-]. The summed E-state index contributed by atoms with van der Waals surface area (Å²) < 4.78 is 31.0. The molecule has 8 nitrogen and oxygen atoms in total. The Morgan fingerprint density at radius 3 is 1.66 bits per heavy atom. The van der Waals surface area contributed by atoms with Gasteiger partial charge in [0.1, 0.15) is 18.4 Å². The third-order valence-corrected chi connectivity index (χ3v) is 7.18. The van der Waals surface area contributed by atoms with E-state index in [9.17, 15) is 18.3 Å². The van der Waals surface area contributed by atoms with E-state index in [1.54, 1.807) is 0 Å². The van der Waals surface area contributed by atoms with Crippen LogP contribution in [0.3, 0.4) is 0 Å². The number of unbranched alkanes of at least 4 members (excludes halogenated alkanes) is 14. The van der Waals surface area contributed by atoms with Crippen molar-refractivity contribution in [2.45, 2.75) is 122 Å². The molecule has 9 heteroatoms. The van der Waals surface area contributed by atoms with Crippen molar-refractivity contribution in [1.29, 1.82) is 0 Å². The lowest BCUT2D eigenvalue weighted by molar-refractivity contribution is -0.893. The summed E-state index contributed by atoms with van der Waals surface area (Å²) in [5.74, 6) is -0.559. The average Bonchev–Trinajstić information content (AvgIpc) is 2.72. The molecule has 0 aromatic heterocycles. The van der Waals surface area contributed by atoms with Gasteiger partial charge in [0.15, 0.2) is 0 Å². The zero-order chi connectivity index (χ0) is 25.7. The van der Waals surface area contributed by atoms with Crippen molar-refractivity contribution in [2.24, 2.45) is 0 Å². The van der Waals surface area contributed by atoms with Crippen molar-refractivity contribution >= 4 is 16.0 Å². The number of nitrogens with one attached hydrogen (secondary N) is 1. The summed E-state index contributed by atoms with van der Waals surface area (Å²) in [4.78, 5) is 12.0. The summed E-state index contributed by atoms with van der Waals surface area (Å²) in [7, 11) is -0.388. The number of nitrogens with zero attached hydrogens (tertiary/aromatic N) is 1. The van der Waals surface area contributed by atoms with Crippen LogP contribution < -0.4 is 5.32 Å². The predicted octanol–water partition coefficient (Wildman–Crippen LogP) is 4.90. The molecule has 0 aliphatic heterocycles. The fourth-order valence-electron chi connectivity index (χ4n) is 4.44. The van der Waals surface area contributed by atoms with E-state index in [0.717, 1.165) is 19.3 Å². The van der Waals surface area contributed by atoms with E-state index >= 15 is 0 Å². The second-order valence-corrected chi connectivity index (χ2v) is 12.1. The van der Waals surface area contributed by atoms with Gasteiger partial charge in [0.25, 0.3) is 10.1 Å². The largest absolute Gasteiger partial charge is 0.870 e. The van der Waals surface area contributed by atoms with Crippen LogP contribution in [-0.4, -0.2) is 79.5 Å². The Balaban J connectivity index is 0. The number of quaternary nitrogens is 1. The van der Waals surface area contributed by atoms with Crippen molar-refractivity contribution < 1.29 is 32.8 Å². The average molecular weight is 525 g/mol. The summed E-state index contributed by atoms with van der Waals surface area (Å²) in [5, 5.41) is 12.8. The van der Waals surface area contributed by atoms with Gasteiger partial charge in [-0.15, -0.1) is 0 Å². The molecule has 0 bridgehead atoms. The first-order chi connectivity index (χ1) is 16.1. The van der Waals surface area contributed by atoms with Crippen molar-refractivity contribution in [3.8, 4) is 0 Å². The lowest BCUT2D eigenvalue weighted by Crippen LogP contribution is -2.48. The predicted molar refractivity (Wildman–Crippen MR) is 143 cm³/mol. The van der Waals surface area contributed by atoms with Crippen LogP contribution in [0.5, 0.6) is 0 Å². The van der Waals surface area contributed by atoms with E-state index in [1.807, 2.05) is 14.1 Å². The normalized spacial score (nSPS) is 12.8. The van der Waals surface area contributed by atoms with Gasteiger partial charge in [-0.2, -0.15) is 8.42 Å². The van der Waals surface area contributed by atoms with Gasteiger partial charge in [-0.05, 0) is 6.42 Å². The number of carbonyl (C=O) groups excluding carboxylic acids is 1. The molecule has 1 unspecified atom stereocenters. The lowest BCUT2D eigenvalue weighted by Gasteiger charge is -2.31. The van der Waals surface area contributed by atoms with Gasteiger partial charge >= 0.3 is 0 Å². The van der Waals surface area contributed by atoms with Crippen LogP contribution in [-0.2, 0) is 14.9 Å². The van der Waals surface area contributed by atoms with Gasteiger partial charge in [0.05, 0.1) is 20.6 Å². The van der Waals surface area contributed by atoms with Crippen molar-refractivity contribution in [2.75, 3.05) is 39.5 Å². The lowest BCUT2D eigenvalue weighted by atomic mass is 10.0. The van der Waals surface area contributed by atoms with E-state index in [2.05, 4.69) is 12.2 Å². The Hall–Kier alpha value is -0.740. The molecule has 35 heavy (non-hydrogen) atoms. The van der Waals surface area contributed by atoms with Crippen molar-refractivity contribution in [3.05, 3.63) is 0 Å². The quantitative estimate of drug-likeness (QED) is 0.0934. The molecule has 0 saturated heterocycles. The van der Waals surface area contributed by atoms with Crippen LogP contribution >= 0.6 is 0 Å². The van der Waals surface area contributed by atoms with E-state index in [0.29, 0.717) is 24.0 Å². The summed E-state index contributed by atoms with van der Waals surface area (Å²) in [6.07, 6.45) is 19.9. The molecule has 212 valence electrons. The molecular formula is C26H56N2O6S. The third-order valence-electron chi connectivity index (χ3n) is 6.38. The maximum atomic E-state index is 12.0. The molecule has 0 spiro atoms. The first kappa shape index (κ1) is 36.4. The van der Waals surface area contributed by atoms with Crippen LogP contribution in [0.15, 0.2) is 0 Å². The van der Waals surface area contributed by atoms with Crippen LogP contribution in [0.1, 0.15) is 116 Å². The highest BCUT2D eigenvalue weighted by atomic mass is 32.2. The van der Waals surface area contributed by atoms with E-state index in [1.165, 1.54) is 83.5 Å². The van der Waals surface area contributed by atoms with Crippen LogP contribution in [0.25, 0.3) is 0 Å². The smallest absolute Gasteiger partial charge is 0.267 e. The standard InChI is InChI=1S/C26H54N2O5S.H2O/c1-4-5-6-7-8-9-10-11-12-13-14-15-16-17-18-20-26(30)27-21-19-22-28(2,3)23-25(29)24-34(31,32)33;/h25,29H,4-24H2,1-3H3,(H-,27,30,31,32,33);1H2. The minimum Gasteiger partial charge on any atom is -0.870 e. The van der Waals surface area contributed by atoms with Gasteiger partial charge in [-0.3, -0.25) is 9.35 Å². The van der Waals surface area contributed by atoms with E-state index in [4.69, 9.17) is 4.55 Å². The van der Waals surface area contributed by atoms with Crippen molar-refractivity contribution in [3.63, 3.8) is 0 Å². The Morgan fingerprint density at radius 2 is 1.23 bits per heavy atom. The highest BCUT2D eigenvalue weighted by Crippen LogP contribution is 2.13. The van der Waals surface area contributed by atoms with Crippen molar-refractivity contribution in [1.82, 2.24) is 5.32 Å². The minimum atomic E-state index is -4.18. The molecule has 0 aromatic rings. The number of aliphatic hydroxyl groups excluding tert-OH is 1. The number of amides is 1. The first-order valence-corrected chi connectivity index (χ1v) is 15.4. The molecule has 0 heterocycles. The molecule has 0 rings (SSSR count). The minimum absolute atomic E-state index is 0. The topological polar surface area (TPSA) is 134 Å². The molecule has 0 radical (unpaired) electrons. The number of likely N-dealkylation sites (N-methyl/N-ethyl adjacent to an activating group) is 1. The Labute approximate surface area is 215 Å². The summed E-state index contributed by atoms with van der Waals surface area (Å²) in [6, 6.07) is 0. The Morgan fingerprint density at radius 1 is 0.800 bits per heavy atom. The molecular weight excluding hydrogens is 468 g/mol. The molecule has 4 N–H and O–H groups in total. The molecule has 0 aliphatic rings. The van der Waals surface area contributed by atoms with Gasteiger partial charge in [-0.1, -0.05) is 96.8 Å². The monoisotopic (exact) mass is 524 g/mol. The molecule has 0 fully saturated rings. The van der Waals surface area contributed by atoms with Gasteiger partial charge in [0, 0.05) is 19.4 Å². The van der Waals surface area contributed by atoms with Crippen LogP contribution in [0.4, 0.5) is 0 Å². The van der Waals surface area contributed by atoms with E-state index < -0.39 is 22.0 Å². The number of hydrogen-bond acceptors (Lipinski definition) is 5. The molecule has 0 aliphatic carbocycles.